The first-order valence-corrected chi connectivity index (χ1v) is 13.5. The van der Waals surface area contributed by atoms with Crippen molar-refractivity contribution in [2.75, 3.05) is 48.1 Å². The summed E-state index contributed by atoms with van der Waals surface area (Å²) in [6.07, 6.45) is 5.26. The number of hydrogen-bond donors (Lipinski definition) is 0. The molecule has 194 valence electrons. The Morgan fingerprint density at radius 2 is 1.39 bits per heavy atom. The predicted molar refractivity (Wildman–Crippen MR) is 148 cm³/mol. The molecule has 3 atom stereocenters. The molecular weight excluding hydrogens is 492 g/mol. The van der Waals surface area contributed by atoms with Crippen LogP contribution in [0.15, 0.2) is 24.3 Å². The number of rotatable bonds is 6. The second kappa shape index (κ2) is 10.6. The highest BCUT2D eigenvalue weighted by Gasteiger charge is 2.37. The quantitative estimate of drug-likeness (QED) is 0.390. The average molecular weight is 528 g/mol. The van der Waals surface area contributed by atoms with E-state index >= 15 is 0 Å². The first kappa shape index (κ1) is 25.4. The van der Waals surface area contributed by atoms with Crippen LogP contribution in [0.1, 0.15) is 53.6 Å². The molecular formula is C28H35N2O4S2-. The van der Waals surface area contributed by atoms with E-state index in [0.717, 1.165) is 68.3 Å². The summed E-state index contributed by atoms with van der Waals surface area (Å²) in [6.45, 7) is 3.04. The molecule has 1 saturated heterocycles. The molecule has 0 amide bonds. The fourth-order valence-electron chi connectivity index (χ4n) is 6.44. The third-order valence-corrected chi connectivity index (χ3v) is 8.76. The zero-order valence-corrected chi connectivity index (χ0v) is 23.2. The van der Waals surface area contributed by atoms with E-state index < -0.39 is 0 Å². The van der Waals surface area contributed by atoms with E-state index in [2.05, 4.69) is 34.1 Å². The average Bonchev–Trinajstić information content (AvgIpc) is 2.91. The number of methoxy groups -OCH3 is 4. The van der Waals surface area contributed by atoms with Crippen molar-refractivity contribution in [1.29, 1.82) is 0 Å². The molecule has 0 bridgehead atoms. The number of hydrogen-bond acceptors (Lipinski definition) is 7. The molecule has 5 rings (SSSR count). The van der Waals surface area contributed by atoms with Gasteiger partial charge in [-0.15, -0.1) is 0 Å². The monoisotopic (exact) mass is 527 g/mol. The molecule has 2 aromatic carbocycles. The van der Waals surface area contributed by atoms with Gasteiger partial charge in [-0.3, -0.25) is 4.90 Å². The maximum Gasteiger partial charge on any atom is 0.161 e. The number of thiocarbonyl (C=S) groups is 1. The standard InChI is InChI=1S/C28H36N2O4S2/c1-31-24-13-18-6-9-29-8-5-17(11-22(29)20(18)15-26(24)33-3)12-23-21-16-27(34-4)25(32-2)14-19(21)7-10-30(23)28(35)36/h13-17,22-23H,5-12H2,1-4H3,(H,35,36)/p-1/t17-,22+,23-/m1/s1. The minimum absolute atomic E-state index is 0.156. The zero-order valence-electron chi connectivity index (χ0n) is 21.5. The van der Waals surface area contributed by atoms with Gasteiger partial charge < -0.3 is 48.7 Å². The van der Waals surface area contributed by atoms with E-state index in [0.29, 0.717) is 16.3 Å². The topological polar surface area (TPSA) is 43.4 Å². The van der Waals surface area contributed by atoms with Crippen LogP contribution in [-0.4, -0.2) is 62.2 Å². The molecule has 0 aromatic heterocycles. The molecule has 0 spiro atoms. The lowest BCUT2D eigenvalue weighted by atomic mass is 9.77. The van der Waals surface area contributed by atoms with E-state index in [1.54, 1.807) is 28.4 Å². The second-order valence-corrected chi connectivity index (χ2v) is 11.0. The molecule has 0 saturated carbocycles. The highest BCUT2D eigenvalue weighted by molar-refractivity contribution is 8.00. The van der Waals surface area contributed by atoms with Crippen LogP contribution in [-0.2, 0) is 25.5 Å². The van der Waals surface area contributed by atoms with Crippen LogP contribution in [0.4, 0.5) is 0 Å². The number of fused-ring (bicyclic) bond motifs is 4. The van der Waals surface area contributed by atoms with Crippen molar-refractivity contribution >= 4 is 29.2 Å². The zero-order chi connectivity index (χ0) is 25.4. The molecule has 1 fully saturated rings. The van der Waals surface area contributed by atoms with Gasteiger partial charge in [-0.05, 0) is 91.1 Å². The summed E-state index contributed by atoms with van der Waals surface area (Å²) in [4.78, 5) is 4.89. The number of benzene rings is 2. The highest BCUT2D eigenvalue weighted by Crippen LogP contribution is 2.47. The largest absolute Gasteiger partial charge is 0.493 e. The molecule has 6 nitrogen and oxygen atoms in total. The lowest BCUT2D eigenvalue weighted by molar-refractivity contribution is 0.0877. The van der Waals surface area contributed by atoms with Gasteiger partial charge in [-0.25, -0.2) is 0 Å². The van der Waals surface area contributed by atoms with Gasteiger partial charge in [-0.1, -0.05) is 4.32 Å². The van der Waals surface area contributed by atoms with E-state index in [9.17, 15) is 0 Å². The van der Waals surface area contributed by atoms with Crippen LogP contribution in [0, 0.1) is 5.92 Å². The summed E-state index contributed by atoms with van der Waals surface area (Å²) in [5.41, 5.74) is 5.33. The molecule has 3 heterocycles. The van der Waals surface area contributed by atoms with Crippen molar-refractivity contribution in [3.05, 3.63) is 46.5 Å². The van der Waals surface area contributed by atoms with Crippen molar-refractivity contribution in [2.24, 2.45) is 5.92 Å². The Bertz CT molecular complexity index is 1140. The SMILES string of the molecule is COc1cc2c(cc1OC)[C@@H](C[C@@H]1CCN3CCc4cc(OC)c(OC)cc4[C@@H]3C1)N(C(=S)[S-])CC2. The minimum Gasteiger partial charge on any atom is -0.493 e. The summed E-state index contributed by atoms with van der Waals surface area (Å²) in [5, 5.41) is 0. The maximum absolute atomic E-state index is 5.66. The Hall–Kier alpha value is -2.29. The van der Waals surface area contributed by atoms with Crippen LogP contribution in [0.3, 0.4) is 0 Å². The molecule has 36 heavy (non-hydrogen) atoms. The Morgan fingerprint density at radius 1 is 0.833 bits per heavy atom. The van der Waals surface area contributed by atoms with Crippen molar-refractivity contribution in [3.63, 3.8) is 0 Å². The first-order chi connectivity index (χ1) is 17.5. The Kier molecular flexibility index (Phi) is 7.47. The number of piperidine rings is 1. The van der Waals surface area contributed by atoms with Gasteiger partial charge in [0.2, 0.25) is 0 Å². The van der Waals surface area contributed by atoms with Gasteiger partial charge in [0.1, 0.15) is 0 Å². The van der Waals surface area contributed by atoms with E-state index in [-0.39, 0.29) is 6.04 Å². The fraction of sp³-hybridized carbons (Fsp3) is 0.536. The Balaban J connectivity index is 1.44. The maximum atomic E-state index is 5.66. The Morgan fingerprint density at radius 3 is 2.00 bits per heavy atom. The fourth-order valence-corrected chi connectivity index (χ4v) is 6.87. The minimum atomic E-state index is 0.156. The van der Waals surface area contributed by atoms with Crippen molar-refractivity contribution in [3.8, 4) is 23.0 Å². The lowest BCUT2D eigenvalue weighted by Gasteiger charge is -2.47. The molecule has 3 aliphatic heterocycles. The summed E-state index contributed by atoms with van der Waals surface area (Å²) in [7, 11) is 6.80. The predicted octanol–water partition coefficient (Wildman–Crippen LogP) is 4.85. The summed E-state index contributed by atoms with van der Waals surface area (Å²) in [5.74, 6) is 3.72. The van der Waals surface area contributed by atoms with Crippen LogP contribution in [0.25, 0.3) is 0 Å². The molecule has 0 unspecified atom stereocenters. The van der Waals surface area contributed by atoms with Crippen LogP contribution in [0.5, 0.6) is 23.0 Å². The molecule has 2 aromatic rings. The van der Waals surface area contributed by atoms with Gasteiger partial charge >= 0.3 is 0 Å². The Labute approximate surface area is 225 Å². The third-order valence-electron chi connectivity index (χ3n) is 8.29. The smallest absolute Gasteiger partial charge is 0.161 e. The molecule has 0 radical (unpaired) electrons. The van der Waals surface area contributed by atoms with Gasteiger partial charge in [0.25, 0.3) is 0 Å². The summed E-state index contributed by atoms with van der Waals surface area (Å²) >= 11 is 11.1. The van der Waals surface area contributed by atoms with E-state index in [1.807, 2.05) is 0 Å². The first-order valence-electron chi connectivity index (χ1n) is 12.7. The van der Waals surface area contributed by atoms with Gasteiger partial charge in [0.15, 0.2) is 23.0 Å². The third kappa shape index (κ3) is 4.59. The van der Waals surface area contributed by atoms with E-state index in [1.165, 1.54) is 28.7 Å². The summed E-state index contributed by atoms with van der Waals surface area (Å²) < 4.78 is 23.0. The molecule has 0 N–H and O–H groups in total. The van der Waals surface area contributed by atoms with Crippen molar-refractivity contribution in [1.82, 2.24) is 9.80 Å². The van der Waals surface area contributed by atoms with E-state index in [4.69, 9.17) is 43.8 Å². The van der Waals surface area contributed by atoms with Gasteiger partial charge in [-0.2, -0.15) is 0 Å². The second-order valence-electron chi connectivity index (χ2n) is 9.96. The van der Waals surface area contributed by atoms with Gasteiger partial charge in [0.05, 0.1) is 34.5 Å². The molecule has 3 aliphatic rings. The van der Waals surface area contributed by atoms with Crippen LogP contribution < -0.4 is 18.9 Å². The normalized spacial score (nSPS) is 23.2. The van der Waals surface area contributed by atoms with Crippen LogP contribution in [0.2, 0.25) is 0 Å². The van der Waals surface area contributed by atoms with Crippen LogP contribution >= 0.6 is 12.2 Å². The van der Waals surface area contributed by atoms with Crippen molar-refractivity contribution in [2.45, 2.75) is 44.2 Å². The van der Waals surface area contributed by atoms with Gasteiger partial charge in [0, 0.05) is 19.1 Å². The number of ether oxygens (including phenoxy) is 4. The molecule has 0 aliphatic carbocycles. The van der Waals surface area contributed by atoms with Crippen molar-refractivity contribution < 1.29 is 18.9 Å². The molecule has 8 heteroatoms. The lowest BCUT2D eigenvalue weighted by Crippen LogP contribution is -2.43. The highest BCUT2D eigenvalue weighted by atomic mass is 32.1. The summed E-state index contributed by atoms with van der Waals surface area (Å²) in [6, 6.07) is 9.19. The number of nitrogens with zero attached hydrogens (tertiary/aromatic N) is 2.